The number of methoxy groups -OCH3 is 1. The number of ether oxygens (including phenoxy) is 3. The first kappa shape index (κ1) is 26.4. The normalized spacial score (nSPS) is 19.9. The minimum Gasteiger partial charge on any atom is -0.507 e. The molecule has 2 aliphatic rings. The summed E-state index contributed by atoms with van der Waals surface area (Å²) in [5.41, 5.74) is 1.36. The van der Waals surface area contributed by atoms with E-state index in [2.05, 4.69) is 4.90 Å². The fourth-order valence-electron chi connectivity index (χ4n) is 4.57. The first-order valence-corrected chi connectivity index (χ1v) is 12.3. The van der Waals surface area contributed by atoms with Crippen LogP contribution in [-0.2, 0) is 19.1 Å². The van der Waals surface area contributed by atoms with Gasteiger partial charge in [-0.3, -0.25) is 14.5 Å². The molecule has 1 unspecified atom stereocenters. The summed E-state index contributed by atoms with van der Waals surface area (Å²) in [6.07, 6.45) is -0.0100. The van der Waals surface area contributed by atoms with E-state index in [1.54, 1.807) is 48.5 Å². The van der Waals surface area contributed by atoms with Gasteiger partial charge in [0.2, 0.25) is 0 Å². The Morgan fingerprint density at radius 2 is 1.62 bits per heavy atom. The molecule has 1 N–H and O–H groups in total. The Morgan fingerprint density at radius 1 is 1.00 bits per heavy atom. The SMILES string of the molecule is COC(=O)c1ccc(C2/C(=C(\O)c3ccc(OC(C)C)cc3)C(=O)C(=O)N2CCN2CCOCC2)cc1. The number of esters is 1. The number of nitrogens with zero attached hydrogens (tertiary/aromatic N) is 2. The number of morpholine rings is 1. The summed E-state index contributed by atoms with van der Waals surface area (Å²) in [5.74, 6) is -1.53. The van der Waals surface area contributed by atoms with Gasteiger partial charge in [-0.1, -0.05) is 12.1 Å². The maximum absolute atomic E-state index is 13.3. The van der Waals surface area contributed by atoms with E-state index >= 15 is 0 Å². The molecule has 2 saturated heterocycles. The minimum atomic E-state index is -0.806. The number of benzene rings is 2. The van der Waals surface area contributed by atoms with Gasteiger partial charge in [0, 0.05) is 31.7 Å². The van der Waals surface area contributed by atoms with Crippen LogP contribution in [-0.4, -0.2) is 85.2 Å². The number of aliphatic hydroxyl groups excluding tert-OH is 1. The van der Waals surface area contributed by atoms with Crippen LogP contribution in [0.25, 0.3) is 5.76 Å². The highest BCUT2D eigenvalue weighted by atomic mass is 16.5. The minimum absolute atomic E-state index is 0.00956. The van der Waals surface area contributed by atoms with E-state index in [1.807, 2.05) is 13.8 Å². The van der Waals surface area contributed by atoms with Gasteiger partial charge in [-0.2, -0.15) is 0 Å². The van der Waals surface area contributed by atoms with E-state index in [1.165, 1.54) is 12.0 Å². The average Bonchev–Trinajstić information content (AvgIpc) is 3.16. The number of rotatable bonds is 8. The molecule has 1 amide bonds. The maximum Gasteiger partial charge on any atom is 0.337 e. The number of hydrogen-bond acceptors (Lipinski definition) is 8. The van der Waals surface area contributed by atoms with E-state index in [0.717, 1.165) is 13.1 Å². The smallest absolute Gasteiger partial charge is 0.337 e. The number of amides is 1. The third kappa shape index (κ3) is 5.84. The zero-order valence-electron chi connectivity index (χ0n) is 21.3. The molecule has 4 rings (SSSR count). The first-order chi connectivity index (χ1) is 17.8. The number of likely N-dealkylation sites (tertiary alicyclic amines) is 1. The fourth-order valence-corrected chi connectivity index (χ4v) is 4.57. The molecule has 0 spiro atoms. The number of aliphatic hydroxyl groups is 1. The lowest BCUT2D eigenvalue weighted by Gasteiger charge is -2.31. The Bertz CT molecular complexity index is 1170. The van der Waals surface area contributed by atoms with Crippen LogP contribution < -0.4 is 4.74 Å². The van der Waals surface area contributed by atoms with Crippen LogP contribution in [0.15, 0.2) is 54.1 Å². The van der Waals surface area contributed by atoms with Crippen molar-refractivity contribution in [2.45, 2.75) is 26.0 Å². The predicted molar refractivity (Wildman–Crippen MR) is 136 cm³/mol. The van der Waals surface area contributed by atoms with Gasteiger partial charge in [-0.15, -0.1) is 0 Å². The molecular weight excluding hydrogens is 476 g/mol. The van der Waals surface area contributed by atoms with Crippen LogP contribution in [0.5, 0.6) is 5.75 Å². The van der Waals surface area contributed by atoms with Crippen molar-refractivity contribution in [2.24, 2.45) is 0 Å². The summed E-state index contributed by atoms with van der Waals surface area (Å²) in [6.45, 7) is 7.41. The lowest BCUT2D eigenvalue weighted by atomic mass is 9.94. The highest BCUT2D eigenvalue weighted by Gasteiger charge is 2.46. The molecule has 0 radical (unpaired) electrons. The molecule has 9 heteroatoms. The van der Waals surface area contributed by atoms with Crippen molar-refractivity contribution in [3.63, 3.8) is 0 Å². The number of hydrogen-bond donors (Lipinski definition) is 1. The second-order valence-corrected chi connectivity index (χ2v) is 9.25. The van der Waals surface area contributed by atoms with Crippen molar-refractivity contribution < 1.29 is 33.7 Å². The van der Waals surface area contributed by atoms with Gasteiger partial charge in [-0.05, 0) is 55.8 Å². The quantitative estimate of drug-likeness (QED) is 0.251. The third-order valence-corrected chi connectivity index (χ3v) is 6.45. The summed E-state index contributed by atoms with van der Waals surface area (Å²) in [5, 5.41) is 11.3. The Hall–Kier alpha value is -3.69. The Labute approximate surface area is 216 Å². The van der Waals surface area contributed by atoms with Crippen LogP contribution in [0.4, 0.5) is 0 Å². The van der Waals surface area contributed by atoms with E-state index in [9.17, 15) is 19.5 Å². The molecule has 196 valence electrons. The first-order valence-electron chi connectivity index (χ1n) is 12.3. The highest BCUT2D eigenvalue weighted by molar-refractivity contribution is 6.46. The molecule has 1 atom stereocenters. The summed E-state index contributed by atoms with van der Waals surface area (Å²) >= 11 is 0. The number of Topliss-reactive ketones (excluding diaryl/α,β-unsaturated/α-hetero) is 1. The van der Waals surface area contributed by atoms with Gasteiger partial charge in [-0.25, -0.2) is 4.79 Å². The van der Waals surface area contributed by atoms with Crippen molar-refractivity contribution in [1.29, 1.82) is 0 Å². The van der Waals surface area contributed by atoms with Crippen LogP contribution in [0.1, 0.15) is 41.4 Å². The zero-order valence-corrected chi connectivity index (χ0v) is 21.3. The second-order valence-electron chi connectivity index (χ2n) is 9.25. The van der Waals surface area contributed by atoms with Crippen molar-refractivity contribution in [3.05, 3.63) is 70.8 Å². The topological polar surface area (TPSA) is 106 Å². The summed E-state index contributed by atoms with van der Waals surface area (Å²) in [4.78, 5) is 42.1. The van der Waals surface area contributed by atoms with Crippen molar-refractivity contribution in [3.8, 4) is 5.75 Å². The molecule has 2 aromatic carbocycles. The van der Waals surface area contributed by atoms with Gasteiger partial charge in [0.25, 0.3) is 11.7 Å². The van der Waals surface area contributed by atoms with Crippen LogP contribution in [0.3, 0.4) is 0 Å². The molecule has 9 nitrogen and oxygen atoms in total. The van der Waals surface area contributed by atoms with Gasteiger partial charge >= 0.3 is 5.97 Å². The average molecular weight is 509 g/mol. The van der Waals surface area contributed by atoms with E-state index in [0.29, 0.717) is 48.7 Å². The van der Waals surface area contributed by atoms with Crippen molar-refractivity contribution >= 4 is 23.4 Å². The maximum atomic E-state index is 13.3. The van der Waals surface area contributed by atoms with E-state index in [-0.39, 0.29) is 17.4 Å². The van der Waals surface area contributed by atoms with Crippen molar-refractivity contribution in [1.82, 2.24) is 9.80 Å². The van der Waals surface area contributed by atoms with Gasteiger partial charge in [0.05, 0.1) is 43.6 Å². The lowest BCUT2D eigenvalue weighted by Crippen LogP contribution is -2.42. The highest BCUT2D eigenvalue weighted by Crippen LogP contribution is 2.39. The molecule has 37 heavy (non-hydrogen) atoms. The van der Waals surface area contributed by atoms with E-state index < -0.39 is 23.7 Å². The molecule has 0 saturated carbocycles. The summed E-state index contributed by atoms with van der Waals surface area (Å²) in [7, 11) is 1.30. The second kappa shape index (κ2) is 11.6. The Kier molecular flexibility index (Phi) is 8.25. The third-order valence-electron chi connectivity index (χ3n) is 6.45. The molecular formula is C28H32N2O7. The fraction of sp³-hybridized carbons (Fsp3) is 0.393. The standard InChI is InChI=1S/C28H32N2O7/c1-18(2)37-22-10-8-20(9-11-22)25(31)23-24(19-4-6-21(7-5-19)28(34)35-3)30(27(33)26(23)32)13-12-29-14-16-36-17-15-29/h4-11,18,24,31H,12-17H2,1-3H3/b25-23+. The number of ketones is 1. The summed E-state index contributed by atoms with van der Waals surface area (Å²) < 4.78 is 15.9. The molecule has 2 aliphatic heterocycles. The number of carbonyl (C=O) groups is 3. The lowest BCUT2D eigenvalue weighted by molar-refractivity contribution is -0.140. The molecule has 2 fully saturated rings. The molecule has 2 aromatic rings. The molecule has 2 heterocycles. The zero-order chi connectivity index (χ0) is 26.5. The Morgan fingerprint density at radius 3 is 2.22 bits per heavy atom. The van der Waals surface area contributed by atoms with Gasteiger partial charge in [0.1, 0.15) is 11.5 Å². The number of carbonyl (C=O) groups excluding carboxylic acids is 3. The van der Waals surface area contributed by atoms with Crippen molar-refractivity contribution in [2.75, 3.05) is 46.5 Å². The molecule has 0 aliphatic carbocycles. The van der Waals surface area contributed by atoms with Gasteiger partial charge in [0.15, 0.2) is 0 Å². The molecule has 0 bridgehead atoms. The van der Waals surface area contributed by atoms with E-state index in [4.69, 9.17) is 14.2 Å². The van der Waals surface area contributed by atoms with Crippen LogP contribution in [0, 0.1) is 0 Å². The Balaban J connectivity index is 1.71. The van der Waals surface area contributed by atoms with Crippen LogP contribution >= 0.6 is 0 Å². The van der Waals surface area contributed by atoms with Crippen LogP contribution in [0.2, 0.25) is 0 Å². The van der Waals surface area contributed by atoms with Gasteiger partial charge < -0.3 is 24.2 Å². The largest absolute Gasteiger partial charge is 0.507 e. The monoisotopic (exact) mass is 508 g/mol. The predicted octanol–water partition coefficient (Wildman–Crippen LogP) is 3.01. The molecule has 0 aromatic heterocycles. The summed E-state index contributed by atoms with van der Waals surface area (Å²) in [6, 6.07) is 12.5.